The Hall–Kier alpha value is -0.812. The van der Waals surface area contributed by atoms with E-state index in [-0.39, 0.29) is 29.8 Å². The predicted molar refractivity (Wildman–Crippen MR) is 79.6 cm³/mol. The molecule has 1 aliphatic rings. The normalized spacial score (nSPS) is 18.2. The molecule has 0 heterocycles. The maximum absolute atomic E-state index is 5.52. The van der Waals surface area contributed by atoms with E-state index < -0.39 is 0 Å². The van der Waals surface area contributed by atoms with E-state index in [1.807, 2.05) is 30.4 Å². The third kappa shape index (κ3) is 4.65. The molecule has 0 unspecified atom stereocenters. The van der Waals surface area contributed by atoms with Crippen molar-refractivity contribution in [1.29, 1.82) is 0 Å². The van der Waals surface area contributed by atoms with Crippen LogP contribution < -0.4 is 5.19 Å². The summed E-state index contributed by atoms with van der Waals surface area (Å²) in [6.45, 7) is 0. The fourth-order valence-corrected chi connectivity index (χ4v) is 3.91. The minimum atomic E-state index is -0.0421. The van der Waals surface area contributed by atoms with Crippen molar-refractivity contribution in [1.82, 2.24) is 0 Å². The van der Waals surface area contributed by atoms with Crippen LogP contribution in [-0.2, 0) is 12.3 Å². The van der Waals surface area contributed by atoms with Gasteiger partial charge in [0, 0.05) is 0 Å². The topological polar surface area (TPSA) is 27.7 Å². The van der Waals surface area contributed by atoms with Gasteiger partial charge in [-0.2, -0.15) is 0 Å². The third-order valence-corrected chi connectivity index (χ3v) is 4.74. The van der Waals surface area contributed by atoms with Gasteiger partial charge in [-0.25, -0.2) is 0 Å². The van der Waals surface area contributed by atoms with Crippen LogP contribution in [0.4, 0.5) is 0 Å². The summed E-state index contributed by atoms with van der Waals surface area (Å²) in [5.41, 5.74) is 2.40. The molecule has 1 aromatic carbocycles. The van der Waals surface area contributed by atoms with E-state index in [0.29, 0.717) is 0 Å². The summed E-state index contributed by atoms with van der Waals surface area (Å²) in [4.78, 5) is 0. The quantitative estimate of drug-likeness (QED) is 0.572. The number of hydrogen-bond acceptors (Lipinski definition) is 3. The van der Waals surface area contributed by atoms with Gasteiger partial charge in [-0.1, -0.05) is 54.7 Å². The lowest BCUT2D eigenvalue weighted by molar-refractivity contribution is 0.441. The number of hydrogen-bond donors (Lipinski definition) is 0. The van der Waals surface area contributed by atoms with E-state index in [0.717, 1.165) is 0 Å². The van der Waals surface area contributed by atoms with E-state index in [1.54, 1.807) is 0 Å². The van der Waals surface area contributed by atoms with Gasteiger partial charge >= 0.3 is 20.0 Å². The molecule has 0 saturated heterocycles. The Morgan fingerprint density at radius 3 is 2.58 bits per heavy atom. The Balaban J connectivity index is 2.03. The molecule has 9 radical (unpaired) electrons. The van der Waals surface area contributed by atoms with Gasteiger partial charge in [-0.3, -0.25) is 0 Å². The third-order valence-electron chi connectivity index (χ3n) is 2.34. The molecule has 0 aliphatic heterocycles. The van der Waals surface area contributed by atoms with Gasteiger partial charge in [0.15, 0.2) is 0 Å². The molecule has 0 amide bonds. The molecule has 3 nitrogen and oxygen atoms in total. The van der Waals surface area contributed by atoms with Crippen LogP contribution in [0.5, 0.6) is 0 Å². The van der Waals surface area contributed by atoms with Gasteiger partial charge < -0.3 is 12.3 Å². The Morgan fingerprint density at radius 2 is 1.74 bits per heavy atom. The lowest BCUT2D eigenvalue weighted by atomic mass is 10.1. The van der Waals surface area contributed by atoms with E-state index in [9.17, 15) is 0 Å². The summed E-state index contributed by atoms with van der Waals surface area (Å²) in [5, 5.41) is 1.17. The molecule has 7 heteroatoms. The summed E-state index contributed by atoms with van der Waals surface area (Å²) in [7, 11) is 3.08. The van der Waals surface area contributed by atoms with Crippen molar-refractivity contribution in [2.24, 2.45) is 0 Å². The predicted octanol–water partition coefficient (Wildman–Crippen LogP) is 0.729. The van der Waals surface area contributed by atoms with E-state index >= 15 is 0 Å². The Kier molecular flexibility index (Phi) is 6.43. The average molecular weight is 314 g/mol. The largest absolute Gasteiger partial charge is 0.435 e. The van der Waals surface area contributed by atoms with E-state index in [2.05, 4.69) is 38.9 Å². The van der Waals surface area contributed by atoms with Crippen molar-refractivity contribution in [3.05, 3.63) is 53.6 Å². The summed E-state index contributed by atoms with van der Waals surface area (Å²) in [6, 6.07) is 6.22. The van der Waals surface area contributed by atoms with Crippen molar-refractivity contribution in [2.75, 3.05) is 0 Å². The minimum absolute atomic E-state index is 0.0128. The SMILES string of the molecule is [Si]O[Si]O[Si]O[Si]c1cccc2c1\C=C/C=C\C=C/2. The van der Waals surface area contributed by atoms with Gasteiger partial charge in [0.05, 0.1) is 0 Å². The zero-order valence-corrected chi connectivity index (χ0v) is 13.9. The molecular weight excluding hydrogens is 304 g/mol. The summed E-state index contributed by atoms with van der Waals surface area (Å²) >= 11 is 0. The van der Waals surface area contributed by atoms with Crippen LogP contribution in [0.2, 0.25) is 0 Å². The maximum atomic E-state index is 5.52. The van der Waals surface area contributed by atoms with Crippen LogP contribution in [0.25, 0.3) is 12.2 Å². The second-order valence-electron chi connectivity index (χ2n) is 3.49. The fourth-order valence-electron chi connectivity index (χ4n) is 1.58. The highest BCUT2D eigenvalue weighted by Gasteiger charge is 2.07. The maximum Gasteiger partial charge on any atom is 0.411 e. The van der Waals surface area contributed by atoms with Gasteiger partial charge in [-0.05, 0) is 16.3 Å². The molecule has 19 heavy (non-hydrogen) atoms. The molecule has 1 aliphatic carbocycles. The van der Waals surface area contributed by atoms with Crippen LogP contribution in [-0.4, -0.2) is 40.3 Å². The van der Waals surface area contributed by atoms with Gasteiger partial charge in [0.1, 0.15) is 0 Å². The molecule has 91 valence electrons. The fraction of sp³-hybridized carbons (Fsp3) is 0. The smallest absolute Gasteiger partial charge is 0.411 e. The monoisotopic (exact) mass is 313 g/mol. The second-order valence-corrected chi connectivity index (χ2v) is 7.01. The van der Waals surface area contributed by atoms with Crippen molar-refractivity contribution < 1.29 is 12.3 Å². The van der Waals surface area contributed by atoms with Crippen molar-refractivity contribution in [2.45, 2.75) is 0 Å². The zero-order valence-electron chi connectivity index (χ0n) is 9.92. The molecule has 0 saturated carbocycles. The molecule has 0 N–H and O–H groups in total. The van der Waals surface area contributed by atoms with Crippen LogP contribution in [0.3, 0.4) is 0 Å². The highest BCUT2D eigenvalue weighted by Crippen LogP contribution is 2.12. The summed E-state index contributed by atoms with van der Waals surface area (Å²) < 4.78 is 15.3. The number of rotatable bonds is 6. The number of benzene rings is 1. The lowest BCUT2D eigenvalue weighted by Crippen LogP contribution is -2.24. The van der Waals surface area contributed by atoms with Gasteiger partial charge in [0.25, 0.3) is 9.76 Å². The summed E-state index contributed by atoms with van der Waals surface area (Å²) in [5.74, 6) is 0. The molecular formula is C12H9O3Si4. The van der Waals surface area contributed by atoms with Gasteiger partial charge in [0.2, 0.25) is 10.5 Å². The molecule has 0 spiro atoms. The Bertz CT molecular complexity index is 500. The van der Waals surface area contributed by atoms with Crippen molar-refractivity contribution in [3.8, 4) is 0 Å². The first-order valence-corrected chi connectivity index (χ1v) is 8.41. The Labute approximate surface area is 124 Å². The highest BCUT2D eigenvalue weighted by molar-refractivity contribution is 6.55. The average Bonchev–Trinajstić information content (AvgIpc) is 2.39. The molecule has 0 fully saturated rings. The molecule has 1 aromatic rings. The standard InChI is InChI=1S/C12H9O3Si4/c16-13-18-15-19-14-17-12-9-5-7-10-6-3-1-2-4-8-11(10)12/h1-9H/b2-1-,3-1?,4-2?,6-3-,8-4-,10-6?,11-8?. The number of fused-ring (bicyclic) bond motifs is 1. The van der Waals surface area contributed by atoms with Crippen molar-refractivity contribution >= 4 is 57.6 Å². The zero-order chi connectivity index (χ0) is 13.3. The first-order chi connectivity index (χ1) is 9.42. The van der Waals surface area contributed by atoms with Crippen LogP contribution in [0, 0.1) is 0 Å². The summed E-state index contributed by atoms with van der Waals surface area (Å²) in [6.07, 6.45) is 12.3. The van der Waals surface area contributed by atoms with Crippen LogP contribution in [0.1, 0.15) is 11.1 Å². The van der Waals surface area contributed by atoms with Crippen LogP contribution in [0.15, 0.2) is 42.5 Å². The van der Waals surface area contributed by atoms with Crippen LogP contribution >= 0.6 is 0 Å². The van der Waals surface area contributed by atoms with E-state index in [4.69, 9.17) is 8.23 Å². The highest BCUT2D eigenvalue weighted by atomic mass is 28.4. The first-order valence-electron chi connectivity index (χ1n) is 5.46. The Morgan fingerprint density at radius 1 is 0.895 bits per heavy atom. The molecule has 0 atom stereocenters. The number of allylic oxidation sites excluding steroid dienone is 4. The molecule has 0 bridgehead atoms. The molecule has 0 aromatic heterocycles. The first kappa shape index (κ1) is 14.6. The van der Waals surface area contributed by atoms with Crippen molar-refractivity contribution in [3.63, 3.8) is 0 Å². The molecule has 2 rings (SSSR count). The second kappa shape index (κ2) is 8.38. The van der Waals surface area contributed by atoms with E-state index in [1.165, 1.54) is 16.3 Å². The lowest BCUT2D eigenvalue weighted by Gasteiger charge is -2.09. The minimum Gasteiger partial charge on any atom is -0.435 e. The van der Waals surface area contributed by atoms with Gasteiger partial charge in [-0.15, -0.1) is 0 Å².